The lowest BCUT2D eigenvalue weighted by Crippen LogP contribution is -2.55. The molecule has 2 heterocycles. The average molecular weight is 297 g/mol. The summed E-state index contributed by atoms with van der Waals surface area (Å²) in [5, 5.41) is 0. The van der Waals surface area contributed by atoms with Gasteiger partial charge in [-0.25, -0.2) is 4.79 Å². The third-order valence-electron chi connectivity index (χ3n) is 5.38. The van der Waals surface area contributed by atoms with Gasteiger partial charge in [0.25, 0.3) is 0 Å². The van der Waals surface area contributed by atoms with Gasteiger partial charge in [-0.1, -0.05) is 0 Å². The highest BCUT2D eigenvalue weighted by molar-refractivity contribution is 5.74. The normalized spacial score (nSPS) is 26.1. The summed E-state index contributed by atoms with van der Waals surface area (Å²) >= 11 is 0. The average Bonchev–Trinajstić information content (AvgIpc) is 2.75. The summed E-state index contributed by atoms with van der Waals surface area (Å²) in [6.45, 7) is 13.1. The van der Waals surface area contributed by atoms with Gasteiger partial charge in [-0.05, 0) is 47.5 Å². The molecule has 2 amide bonds. The Hall–Kier alpha value is -0.810. The van der Waals surface area contributed by atoms with Crippen molar-refractivity contribution in [2.24, 2.45) is 0 Å². The molecule has 2 saturated heterocycles. The van der Waals surface area contributed by atoms with Crippen LogP contribution in [0.15, 0.2) is 0 Å². The second kappa shape index (κ2) is 6.13. The molecule has 2 rings (SSSR count). The van der Waals surface area contributed by atoms with Crippen LogP contribution in [0.3, 0.4) is 0 Å². The van der Waals surface area contributed by atoms with Crippen LogP contribution in [0.2, 0.25) is 0 Å². The Bertz CT molecular complexity index is 376. The molecule has 0 aromatic heterocycles. The van der Waals surface area contributed by atoms with Crippen molar-refractivity contribution in [2.45, 2.75) is 71.2 Å². The number of hydrogen-bond acceptors (Lipinski definition) is 3. The zero-order chi connectivity index (χ0) is 15.8. The first kappa shape index (κ1) is 16.6. The minimum atomic E-state index is -0.0581. The van der Waals surface area contributed by atoms with E-state index >= 15 is 0 Å². The molecule has 0 aliphatic carbocycles. The first-order chi connectivity index (χ1) is 9.78. The molecule has 5 heteroatoms. The molecule has 0 aromatic rings. The standard InChI is InChI=1S/C16H31N3O2/c1-12(2)17(6)15(20)18-9-7-16(8-10-18)14(5)19(11-21-16)13(3)4/h12-14H,7-11H2,1-6H3. The van der Waals surface area contributed by atoms with Crippen LogP contribution in [0.1, 0.15) is 47.5 Å². The molecule has 0 bridgehead atoms. The molecule has 0 aromatic carbocycles. The van der Waals surface area contributed by atoms with Gasteiger partial charge in [-0.3, -0.25) is 4.90 Å². The fourth-order valence-corrected chi connectivity index (χ4v) is 3.42. The van der Waals surface area contributed by atoms with Gasteiger partial charge in [0.15, 0.2) is 0 Å². The largest absolute Gasteiger partial charge is 0.358 e. The van der Waals surface area contributed by atoms with Gasteiger partial charge in [0.1, 0.15) is 6.73 Å². The van der Waals surface area contributed by atoms with E-state index in [1.165, 1.54) is 0 Å². The quantitative estimate of drug-likeness (QED) is 0.785. The minimum absolute atomic E-state index is 0.0581. The van der Waals surface area contributed by atoms with Gasteiger partial charge >= 0.3 is 6.03 Å². The van der Waals surface area contributed by atoms with Crippen molar-refractivity contribution < 1.29 is 9.53 Å². The first-order valence-corrected chi connectivity index (χ1v) is 8.20. The molecular formula is C16H31N3O2. The number of rotatable bonds is 2. The topological polar surface area (TPSA) is 36.0 Å². The highest BCUT2D eigenvalue weighted by Crippen LogP contribution is 2.38. The Morgan fingerprint density at radius 1 is 1.24 bits per heavy atom. The second-order valence-electron chi connectivity index (χ2n) is 7.10. The van der Waals surface area contributed by atoms with Gasteiger partial charge in [-0.2, -0.15) is 0 Å². The number of piperidine rings is 1. The van der Waals surface area contributed by atoms with E-state index in [-0.39, 0.29) is 17.7 Å². The van der Waals surface area contributed by atoms with Gasteiger partial charge < -0.3 is 14.5 Å². The van der Waals surface area contributed by atoms with Crippen LogP contribution in [-0.4, -0.2) is 71.3 Å². The van der Waals surface area contributed by atoms with Crippen LogP contribution in [0.5, 0.6) is 0 Å². The molecule has 0 saturated carbocycles. The van der Waals surface area contributed by atoms with Crippen LogP contribution >= 0.6 is 0 Å². The van der Waals surface area contributed by atoms with Crippen LogP contribution in [0.4, 0.5) is 4.79 Å². The Morgan fingerprint density at radius 2 is 1.81 bits per heavy atom. The lowest BCUT2D eigenvalue weighted by molar-refractivity contribution is -0.0448. The van der Waals surface area contributed by atoms with Gasteiger partial charge in [0.05, 0.1) is 5.60 Å². The summed E-state index contributed by atoms with van der Waals surface area (Å²) < 4.78 is 6.18. The van der Waals surface area contributed by atoms with Gasteiger partial charge in [0, 0.05) is 38.3 Å². The van der Waals surface area contributed by atoms with E-state index in [1.54, 1.807) is 0 Å². The highest BCUT2D eigenvalue weighted by atomic mass is 16.5. The smallest absolute Gasteiger partial charge is 0.319 e. The van der Waals surface area contributed by atoms with Gasteiger partial charge in [0.2, 0.25) is 0 Å². The van der Waals surface area contributed by atoms with E-state index in [2.05, 4.69) is 25.7 Å². The van der Waals surface area contributed by atoms with E-state index in [9.17, 15) is 4.79 Å². The van der Waals surface area contributed by atoms with Crippen LogP contribution in [0.25, 0.3) is 0 Å². The zero-order valence-electron chi connectivity index (χ0n) is 14.4. The van der Waals surface area contributed by atoms with Crippen molar-refractivity contribution >= 4 is 6.03 Å². The number of hydrogen-bond donors (Lipinski definition) is 0. The van der Waals surface area contributed by atoms with E-state index in [0.717, 1.165) is 32.7 Å². The van der Waals surface area contributed by atoms with Crippen molar-refractivity contribution in [1.29, 1.82) is 0 Å². The molecule has 2 aliphatic heterocycles. The van der Waals surface area contributed by atoms with Crippen molar-refractivity contribution in [2.75, 3.05) is 26.9 Å². The van der Waals surface area contributed by atoms with Crippen molar-refractivity contribution in [1.82, 2.24) is 14.7 Å². The molecule has 1 spiro atoms. The lowest BCUT2D eigenvalue weighted by Gasteiger charge is -2.43. The third kappa shape index (κ3) is 3.04. The second-order valence-corrected chi connectivity index (χ2v) is 7.10. The number of nitrogens with zero attached hydrogens (tertiary/aromatic N) is 3. The van der Waals surface area contributed by atoms with E-state index in [1.807, 2.05) is 30.7 Å². The van der Waals surface area contributed by atoms with E-state index < -0.39 is 0 Å². The maximum Gasteiger partial charge on any atom is 0.319 e. The fraction of sp³-hybridized carbons (Fsp3) is 0.938. The molecule has 21 heavy (non-hydrogen) atoms. The Morgan fingerprint density at radius 3 is 2.24 bits per heavy atom. The molecule has 5 nitrogen and oxygen atoms in total. The molecule has 0 N–H and O–H groups in total. The Labute approximate surface area is 129 Å². The Kier molecular flexibility index (Phi) is 4.83. The van der Waals surface area contributed by atoms with Crippen molar-refractivity contribution in [3.63, 3.8) is 0 Å². The summed E-state index contributed by atoms with van der Waals surface area (Å²) in [6.07, 6.45) is 1.88. The molecule has 122 valence electrons. The first-order valence-electron chi connectivity index (χ1n) is 8.20. The minimum Gasteiger partial charge on any atom is -0.358 e. The number of urea groups is 1. The molecule has 1 atom stereocenters. The summed E-state index contributed by atoms with van der Waals surface area (Å²) in [6, 6.07) is 1.32. The maximum absolute atomic E-state index is 12.4. The van der Waals surface area contributed by atoms with Crippen LogP contribution < -0.4 is 0 Å². The van der Waals surface area contributed by atoms with E-state index in [0.29, 0.717) is 12.1 Å². The van der Waals surface area contributed by atoms with Crippen LogP contribution in [0, 0.1) is 0 Å². The molecule has 0 radical (unpaired) electrons. The number of likely N-dealkylation sites (tertiary alicyclic amines) is 1. The summed E-state index contributed by atoms with van der Waals surface area (Å²) in [5.41, 5.74) is -0.0581. The fourth-order valence-electron chi connectivity index (χ4n) is 3.42. The zero-order valence-corrected chi connectivity index (χ0v) is 14.4. The number of carbonyl (C=O) groups is 1. The van der Waals surface area contributed by atoms with Crippen LogP contribution in [-0.2, 0) is 4.74 Å². The summed E-state index contributed by atoms with van der Waals surface area (Å²) in [4.78, 5) is 18.6. The number of amides is 2. The molecule has 2 fully saturated rings. The predicted molar refractivity (Wildman–Crippen MR) is 84.2 cm³/mol. The van der Waals surface area contributed by atoms with Crippen molar-refractivity contribution in [3.8, 4) is 0 Å². The summed E-state index contributed by atoms with van der Waals surface area (Å²) in [5.74, 6) is 0. The van der Waals surface area contributed by atoms with Crippen molar-refractivity contribution in [3.05, 3.63) is 0 Å². The number of ether oxygens (including phenoxy) is 1. The third-order valence-corrected chi connectivity index (χ3v) is 5.38. The summed E-state index contributed by atoms with van der Waals surface area (Å²) in [7, 11) is 1.88. The highest BCUT2D eigenvalue weighted by Gasteiger charge is 2.49. The number of carbonyl (C=O) groups excluding carboxylic acids is 1. The molecular weight excluding hydrogens is 266 g/mol. The predicted octanol–water partition coefficient (Wildman–Crippen LogP) is 2.37. The monoisotopic (exact) mass is 297 g/mol. The maximum atomic E-state index is 12.4. The SMILES string of the molecule is CC(C)N(C)C(=O)N1CCC2(CC1)OCN(C(C)C)C2C. The molecule has 1 unspecified atom stereocenters. The Balaban J connectivity index is 1.96. The van der Waals surface area contributed by atoms with E-state index in [4.69, 9.17) is 4.74 Å². The molecule has 2 aliphatic rings. The van der Waals surface area contributed by atoms with Gasteiger partial charge in [-0.15, -0.1) is 0 Å². The lowest BCUT2D eigenvalue weighted by atomic mass is 9.84.